The fraction of sp³-hybridized carbons (Fsp3) is 0.312. The Morgan fingerprint density at radius 1 is 1.13 bits per heavy atom. The van der Waals surface area contributed by atoms with Gasteiger partial charge in [-0.25, -0.2) is 4.79 Å². The SMILES string of the molecule is O=C(O)c1ccccc1-n1ncc(N2CCCCC2)c(Cl)c1=O. The average molecular weight is 334 g/mol. The van der Waals surface area contributed by atoms with Crippen molar-refractivity contribution < 1.29 is 9.90 Å². The van der Waals surface area contributed by atoms with Gasteiger partial charge in [-0.3, -0.25) is 4.79 Å². The van der Waals surface area contributed by atoms with Crippen molar-refractivity contribution in [3.05, 3.63) is 51.4 Å². The van der Waals surface area contributed by atoms with E-state index in [9.17, 15) is 14.7 Å². The molecule has 2 heterocycles. The van der Waals surface area contributed by atoms with E-state index in [4.69, 9.17) is 11.6 Å². The van der Waals surface area contributed by atoms with Gasteiger partial charge in [0.15, 0.2) is 0 Å². The van der Waals surface area contributed by atoms with E-state index in [2.05, 4.69) is 5.10 Å². The number of nitrogens with zero attached hydrogens (tertiary/aromatic N) is 3. The number of anilines is 1. The van der Waals surface area contributed by atoms with Gasteiger partial charge in [-0.15, -0.1) is 0 Å². The van der Waals surface area contributed by atoms with Gasteiger partial charge in [-0.05, 0) is 31.4 Å². The first-order valence-corrected chi connectivity index (χ1v) is 7.83. The van der Waals surface area contributed by atoms with Crippen LogP contribution in [0, 0.1) is 0 Å². The van der Waals surface area contributed by atoms with Crippen LogP contribution in [-0.2, 0) is 0 Å². The highest BCUT2D eigenvalue weighted by atomic mass is 35.5. The van der Waals surface area contributed by atoms with E-state index < -0.39 is 11.5 Å². The first-order chi connectivity index (χ1) is 11.1. The van der Waals surface area contributed by atoms with Gasteiger partial charge in [-0.1, -0.05) is 23.7 Å². The van der Waals surface area contributed by atoms with Crippen LogP contribution >= 0.6 is 11.6 Å². The first-order valence-electron chi connectivity index (χ1n) is 7.45. The normalized spacial score (nSPS) is 14.7. The molecular formula is C16H16ClN3O3. The van der Waals surface area contributed by atoms with Gasteiger partial charge in [0.2, 0.25) is 0 Å². The zero-order valence-electron chi connectivity index (χ0n) is 12.4. The molecule has 0 bridgehead atoms. The number of halogens is 1. The monoisotopic (exact) mass is 333 g/mol. The van der Waals surface area contributed by atoms with Gasteiger partial charge in [0.25, 0.3) is 5.56 Å². The second kappa shape index (κ2) is 6.42. The third-order valence-electron chi connectivity index (χ3n) is 3.96. The summed E-state index contributed by atoms with van der Waals surface area (Å²) in [6.07, 6.45) is 4.82. The number of aromatic nitrogens is 2. The van der Waals surface area contributed by atoms with Crippen LogP contribution in [0.4, 0.5) is 5.69 Å². The molecule has 0 amide bonds. The molecule has 1 fully saturated rings. The summed E-state index contributed by atoms with van der Waals surface area (Å²) in [7, 11) is 0. The molecular weight excluding hydrogens is 318 g/mol. The summed E-state index contributed by atoms with van der Waals surface area (Å²) in [6, 6.07) is 6.22. The molecule has 7 heteroatoms. The predicted octanol–water partition coefficient (Wildman–Crippen LogP) is 2.57. The summed E-state index contributed by atoms with van der Waals surface area (Å²) >= 11 is 6.25. The molecule has 0 aliphatic carbocycles. The molecule has 23 heavy (non-hydrogen) atoms. The van der Waals surface area contributed by atoms with Crippen molar-refractivity contribution in [3.8, 4) is 5.69 Å². The fourth-order valence-electron chi connectivity index (χ4n) is 2.79. The Kier molecular flexibility index (Phi) is 4.34. The van der Waals surface area contributed by atoms with Crippen molar-refractivity contribution in [2.75, 3.05) is 18.0 Å². The maximum Gasteiger partial charge on any atom is 0.337 e. The molecule has 0 radical (unpaired) electrons. The van der Waals surface area contributed by atoms with E-state index in [0.717, 1.165) is 30.6 Å². The lowest BCUT2D eigenvalue weighted by atomic mass is 10.1. The number of piperidine rings is 1. The lowest BCUT2D eigenvalue weighted by Gasteiger charge is -2.29. The summed E-state index contributed by atoms with van der Waals surface area (Å²) in [5.41, 5.74) is 0.310. The van der Waals surface area contributed by atoms with E-state index in [1.165, 1.54) is 24.8 Å². The Morgan fingerprint density at radius 3 is 2.52 bits per heavy atom. The van der Waals surface area contributed by atoms with Crippen molar-refractivity contribution in [1.29, 1.82) is 0 Å². The van der Waals surface area contributed by atoms with Gasteiger partial charge in [0.05, 0.1) is 23.1 Å². The summed E-state index contributed by atoms with van der Waals surface area (Å²) < 4.78 is 1.04. The van der Waals surface area contributed by atoms with E-state index in [-0.39, 0.29) is 16.3 Å². The summed E-state index contributed by atoms with van der Waals surface area (Å²) in [5.74, 6) is -1.12. The Morgan fingerprint density at radius 2 is 1.83 bits per heavy atom. The molecule has 1 aliphatic rings. The van der Waals surface area contributed by atoms with Crippen LogP contribution in [-0.4, -0.2) is 33.9 Å². The average Bonchev–Trinajstić information content (AvgIpc) is 2.58. The van der Waals surface area contributed by atoms with Crippen molar-refractivity contribution in [1.82, 2.24) is 9.78 Å². The zero-order valence-corrected chi connectivity index (χ0v) is 13.2. The molecule has 6 nitrogen and oxygen atoms in total. The minimum atomic E-state index is -1.12. The molecule has 0 unspecified atom stereocenters. The van der Waals surface area contributed by atoms with Gasteiger partial charge in [0, 0.05) is 13.1 Å². The van der Waals surface area contributed by atoms with Crippen LogP contribution in [0.15, 0.2) is 35.3 Å². The zero-order chi connectivity index (χ0) is 16.4. The number of hydrogen-bond acceptors (Lipinski definition) is 4. The number of rotatable bonds is 3. The highest BCUT2D eigenvalue weighted by Gasteiger charge is 2.20. The Labute approximate surface area is 137 Å². The summed E-state index contributed by atoms with van der Waals surface area (Å²) in [5, 5.41) is 13.5. The van der Waals surface area contributed by atoms with Crippen LogP contribution in [0.25, 0.3) is 5.69 Å². The number of carboxylic acid groups (broad SMARTS) is 1. The maximum atomic E-state index is 12.6. The molecule has 0 atom stereocenters. The van der Waals surface area contributed by atoms with Crippen LogP contribution < -0.4 is 10.5 Å². The molecule has 1 aromatic heterocycles. The highest BCUT2D eigenvalue weighted by molar-refractivity contribution is 6.33. The molecule has 1 aromatic carbocycles. The highest BCUT2D eigenvalue weighted by Crippen LogP contribution is 2.25. The molecule has 2 aromatic rings. The number of hydrogen-bond donors (Lipinski definition) is 1. The standard InChI is InChI=1S/C16H16ClN3O3/c17-14-13(19-8-4-1-5-9-19)10-18-20(15(14)21)12-7-3-2-6-11(12)16(22)23/h2-3,6-7,10H,1,4-5,8-9H2,(H,22,23). The Balaban J connectivity index is 2.08. The smallest absolute Gasteiger partial charge is 0.337 e. The van der Waals surface area contributed by atoms with Gasteiger partial charge >= 0.3 is 5.97 Å². The Bertz CT molecular complexity index is 797. The van der Waals surface area contributed by atoms with E-state index in [1.54, 1.807) is 12.1 Å². The Hall–Kier alpha value is -2.34. The topological polar surface area (TPSA) is 75.4 Å². The van der Waals surface area contributed by atoms with Gasteiger partial charge < -0.3 is 10.0 Å². The van der Waals surface area contributed by atoms with Gasteiger partial charge in [0.1, 0.15) is 5.02 Å². The van der Waals surface area contributed by atoms with Crippen LogP contribution in [0.1, 0.15) is 29.6 Å². The van der Waals surface area contributed by atoms with Crippen molar-refractivity contribution in [2.24, 2.45) is 0 Å². The molecule has 1 saturated heterocycles. The largest absolute Gasteiger partial charge is 0.478 e. The minimum Gasteiger partial charge on any atom is -0.478 e. The fourth-order valence-corrected chi connectivity index (χ4v) is 3.04. The van der Waals surface area contributed by atoms with Crippen molar-refractivity contribution in [2.45, 2.75) is 19.3 Å². The third kappa shape index (κ3) is 2.94. The van der Waals surface area contributed by atoms with E-state index in [0.29, 0.717) is 5.69 Å². The second-order valence-corrected chi connectivity index (χ2v) is 5.81. The number of carboxylic acids is 1. The molecule has 0 saturated carbocycles. The van der Waals surface area contributed by atoms with E-state index >= 15 is 0 Å². The first kappa shape index (κ1) is 15.6. The summed E-state index contributed by atoms with van der Waals surface area (Å²) in [4.78, 5) is 25.9. The minimum absolute atomic E-state index is 0.00360. The quantitative estimate of drug-likeness (QED) is 0.934. The molecule has 1 N–H and O–H groups in total. The summed E-state index contributed by atoms with van der Waals surface area (Å²) in [6.45, 7) is 1.69. The number of aromatic carboxylic acids is 1. The lowest BCUT2D eigenvalue weighted by Crippen LogP contribution is -2.33. The number of carbonyl (C=O) groups is 1. The van der Waals surface area contributed by atoms with Crippen molar-refractivity contribution in [3.63, 3.8) is 0 Å². The van der Waals surface area contributed by atoms with E-state index in [1.807, 2.05) is 4.90 Å². The molecule has 120 valence electrons. The molecule has 1 aliphatic heterocycles. The van der Waals surface area contributed by atoms with Crippen molar-refractivity contribution >= 4 is 23.3 Å². The van der Waals surface area contributed by atoms with Crippen LogP contribution in [0.5, 0.6) is 0 Å². The van der Waals surface area contributed by atoms with Crippen LogP contribution in [0.2, 0.25) is 5.02 Å². The molecule has 0 spiro atoms. The predicted molar refractivity (Wildman–Crippen MR) is 87.9 cm³/mol. The van der Waals surface area contributed by atoms with Gasteiger partial charge in [-0.2, -0.15) is 9.78 Å². The molecule has 3 rings (SSSR count). The lowest BCUT2D eigenvalue weighted by molar-refractivity contribution is 0.0696. The number of benzene rings is 1. The third-order valence-corrected chi connectivity index (χ3v) is 4.32. The maximum absolute atomic E-state index is 12.6. The number of para-hydroxylation sites is 1. The van der Waals surface area contributed by atoms with Crippen LogP contribution in [0.3, 0.4) is 0 Å². The second-order valence-electron chi connectivity index (χ2n) is 5.43.